The van der Waals surface area contributed by atoms with Crippen LogP contribution in [0.4, 0.5) is 0 Å². The van der Waals surface area contributed by atoms with E-state index < -0.39 is 40.9 Å². The van der Waals surface area contributed by atoms with Crippen molar-refractivity contribution in [1.29, 1.82) is 0 Å². The van der Waals surface area contributed by atoms with Crippen LogP contribution in [0.15, 0.2) is 23.8 Å². The number of allylic oxidation sites excluding steroid dienone is 4. The number of esters is 1. The van der Waals surface area contributed by atoms with Crippen molar-refractivity contribution in [3.05, 3.63) is 23.8 Å². The molecule has 3 saturated carbocycles. The largest absolute Gasteiger partial charge is 0.458 e. The maximum absolute atomic E-state index is 12.9. The van der Waals surface area contributed by atoms with Gasteiger partial charge in [0.05, 0.1) is 6.10 Å². The number of ether oxygens (including phenoxy) is 1. The van der Waals surface area contributed by atoms with Gasteiger partial charge in [-0.1, -0.05) is 32.4 Å². The van der Waals surface area contributed by atoms with E-state index in [1.54, 1.807) is 12.2 Å². The van der Waals surface area contributed by atoms with Crippen LogP contribution >= 0.6 is 0 Å². The van der Waals surface area contributed by atoms with Gasteiger partial charge in [0, 0.05) is 23.7 Å². The summed E-state index contributed by atoms with van der Waals surface area (Å²) in [6.45, 7) is 6.94. The third-order valence-electron chi connectivity index (χ3n) is 8.84. The molecule has 0 spiro atoms. The average Bonchev–Trinajstić information content (AvgIpc) is 2.93. The smallest absolute Gasteiger partial charge is 0.303 e. The predicted molar refractivity (Wildman–Crippen MR) is 109 cm³/mol. The van der Waals surface area contributed by atoms with Gasteiger partial charge in [-0.25, -0.2) is 0 Å². The zero-order chi connectivity index (χ0) is 22.1. The van der Waals surface area contributed by atoms with Gasteiger partial charge in [0.25, 0.3) is 0 Å². The fourth-order valence-electron chi connectivity index (χ4n) is 7.50. The molecule has 6 nitrogen and oxygen atoms in total. The lowest BCUT2D eigenvalue weighted by Gasteiger charge is -2.60. The summed E-state index contributed by atoms with van der Waals surface area (Å²) < 4.78 is 4.89. The maximum atomic E-state index is 12.9. The van der Waals surface area contributed by atoms with Gasteiger partial charge in [0.15, 0.2) is 12.4 Å². The summed E-state index contributed by atoms with van der Waals surface area (Å²) in [6, 6.07) is 0. The summed E-state index contributed by atoms with van der Waals surface area (Å²) in [6.07, 6.45) is 6.71. The highest BCUT2D eigenvalue weighted by Gasteiger charge is 2.68. The van der Waals surface area contributed by atoms with Crippen LogP contribution in [0.5, 0.6) is 0 Å². The standard InChI is InChI=1S/C24H32O6/c1-13-9-16-17-6-8-24(29,20(28)12-30-14(2)25)23(17,4)11-19(27)21(16)22(3)7-5-15(26)10-18(13)22/h5,7,10,13,16-17,19,21,27,29H,6,8-9,11-12H2,1-4H3/t13?,16-,17-,19?,21-,22+,23-,24-/m0/s1. The molecule has 0 heterocycles. The molecule has 0 radical (unpaired) electrons. The van der Waals surface area contributed by atoms with Gasteiger partial charge in [-0.15, -0.1) is 0 Å². The Hall–Kier alpha value is -1.79. The van der Waals surface area contributed by atoms with Gasteiger partial charge in [-0.3, -0.25) is 14.4 Å². The number of ketones is 2. The van der Waals surface area contributed by atoms with Gasteiger partial charge >= 0.3 is 5.97 Å². The highest BCUT2D eigenvalue weighted by molar-refractivity contribution is 6.01. The van der Waals surface area contributed by atoms with Gasteiger partial charge in [0.1, 0.15) is 5.60 Å². The number of fused-ring (bicyclic) bond motifs is 5. The topological polar surface area (TPSA) is 101 Å². The molecule has 0 aromatic heterocycles. The van der Waals surface area contributed by atoms with Gasteiger partial charge in [-0.05, 0) is 55.6 Å². The van der Waals surface area contributed by atoms with Crippen molar-refractivity contribution in [3.63, 3.8) is 0 Å². The third-order valence-corrected chi connectivity index (χ3v) is 8.84. The third kappa shape index (κ3) is 2.79. The quantitative estimate of drug-likeness (QED) is 0.685. The van der Waals surface area contributed by atoms with Crippen molar-refractivity contribution in [2.45, 2.75) is 65.1 Å². The van der Waals surface area contributed by atoms with E-state index in [2.05, 4.69) is 13.8 Å². The molecule has 164 valence electrons. The Morgan fingerprint density at radius 3 is 2.67 bits per heavy atom. The first-order chi connectivity index (χ1) is 13.9. The first kappa shape index (κ1) is 21.4. The monoisotopic (exact) mass is 416 g/mol. The molecule has 4 aliphatic carbocycles. The minimum absolute atomic E-state index is 0.00535. The Morgan fingerprint density at radius 2 is 2.00 bits per heavy atom. The fraction of sp³-hybridized carbons (Fsp3) is 0.708. The molecule has 4 rings (SSSR count). The van der Waals surface area contributed by atoms with Crippen molar-refractivity contribution in [2.24, 2.45) is 34.5 Å². The van der Waals surface area contributed by atoms with E-state index in [4.69, 9.17) is 4.74 Å². The van der Waals surface area contributed by atoms with E-state index >= 15 is 0 Å². The Kier molecular flexibility index (Phi) is 4.90. The molecule has 0 saturated heterocycles. The Bertz CT molecular complexity index is 858. The SMILES string of the molecule is CC(=O)OCC(=O)[C@@]1(O)CC[C@H]2[C@@H]3CC(C)C4=CC(=O)C=C[C@@]4(C)[C@@H]3C(O)C[C@@]21C. The van der Waals surface area contributed by atoms with E-state index in [0.29, 0.717) is 19.3 Å². The summed E-state index contributed by atoms with van der Waals surface area (Å²) in [5.41, 5.74) is -1.72. The van der Waals surface area contributed by atoms with Crippen molar-refractivity contribution < 1.29 is 29.3 Å². The van der Waals surface area contributed by atoms with Crippen LogP contribution < -0.4 is 0 Å². The molecule has 8 atom stereocenters. The van der Waals surface area contributed by atoms with Crippen molar-refractivity contribution in [1.82, 2.24) is 0 Å². The van der Waals surface area contributed by atoms with Gasteiger partial charge < -0.3 is 14.9 Å². The molecule has 0 aliphatic heterocycles. The Balaban J connectivity index is 1.70. The lowest BCUT2D eigenvalue weighted by molar-refractivity contribution is -0.182. The summed E-state index contributed by atoms with van der Waals surface area (Å²) in [4.78, 5) is 36.1. The molecule has 0 aromatic rings. The van der Waals surface area contributed by atoms with E-state index in [9.17, 15) is 24.6 Å². The van der Waals surface area contributed by atoms with Crippen molar-refractivity contribution in [3.8, 4) is 0 Å². The Morgan fingerprint density at radius 1 is 1.30 bits per heavy atom. The number of aliphatic hydroxyl groups is 2. The molecule has 2 unspecified atom stereocenters. The number of carbonyl (C=O) groups excluding carboxylic acids is 3. The fourth-order valence-corrected chi connectivity index (χ4v) is 7.50. The summed E-state index contributed by atoms with van der Waals surface area (Å²) in [5.74, 6) is -0.712. The highest BCUT2D eigenvalue weighted by Crippen LogP contribution is 2.67. The lowest BCUT2D eigenvalue weighted by Crippen LogP contribution is -2.62. The van der Waals surface area contributed by atoms with Crippen LogP contribution in [-0.4, -0.2) is 46.1 Å². The molecular weight excluding hydrogens is 384 g/mol. The zero-order valence-corrected chi connectivity index (χ0v) is 18.2. The first-order valence-corrected chi connectivity index (χ1v) is 11.0. The number of carbonyl (C=O) groups is 3. The second-order valence-electron chi connectivity index (χ2n) is 10.3. The molecule has 0 aromatic carbocycles. The molecule has 3 fully saturated rings. The van der Waals surface area contributed by atoms with Crippen LogP contribution in [0.25, 0.3) is 0 Å². The minimum atomic E-state index is -1.61. The molecule has 2 N–H and O–H groups in total. The number of hydrogen-bond acceptors (Lipinski definition) is 6. The number of rotatable bonds is 3. The second kappa shape index (κ2) is 6.86. The normalized spacial score (nSPS) is 47.1. The first-order valence-electron chi connectivity index (χ1n) is 11.0. The molecule has 0 bridgehead atoms. The van der Waals surface area contributed by atoms with Gasteiger partial charge in [-0.2, -0.15) is 0 Å². The molecule has 6 heteroatoms. The van der Waals surface area contributed by atoms with Crippen molar-refractivity contribution in [2.75, 3.05) is 6.61 Å². The lowest BCUT2D eigenvalue weighted by atomic mass is 9.45. The van der Waals surface area contributed by atoms with Gasteiger partial charge in [0.2, 0.25) is 5.78 Å². The van der Waals surface area contributed by atoms with E-state index in [-0.39, 0.29) is 29.5 Å². The molecule has 4 aliphatic rings. The summed E-state index contributed by atoms with van der Waals surface area (Å²) >= 11 is 0. The molecular formula is C24H32O6. The van der Waals surface area contributed by atoms with E-state index in [1.165, 1.54) is 6.92 Å². The van der Waals surface area contributed by atoms with E-state index in [1.807, 2.05) is 13.0 Å². The van der Waals surface area contributed by atoms with Crippen LogP contribution in [0, 0.1) is 34.5 Å². The maximum Gasteiger partial charge on any atom is 0.303 e. The van der Waals surface area contributed by atoms with Crippen molar-refractivity contribution >= 4 is 17.5 Å². The summed E-state index contributed by atoms with van der Waals surface area (Å²) in [7, 11) is 0. The average molecular weight is 417 g/mol. The Labute approximate surface area is 177 Å². The second-order valence-corrected chi connectivity index (χ2v) is 10.3. The zero-order valence-electron chi connectivity index (χ0n) is 18.2. The van der Waals surface area contributed by atoms with E-state index in [0.717, 1.165) is 12.0 Å². The number of Topliss-reactive ketones (excluding diaryl/α,β-unsaturated/α-hetero) is 1. The molecule has 0 amide bonds. The van der Waals surface area contributed by atoms with Crippen LogP contribution in [-0.2, 0) is 19.1 Å². The predicted octanol–water partition coefficient (Wildman–Crippen LogP) is 2.37. The van der Waals surface area contributed by atoms with Crippen LogP contribution in [0.3, 0.4) is 0 Å². The number of aliphatic hydroxyl groups excluding tert-OH is 1. The minimum Gasteiger partial charge on any atom is -0.458 e. The van der Waals surface area contributed by atoms with Crippen LogP contribution in [0.2, 0.25) is 0 Å². The summed E-state index contributed by atoms with van der Waals surface area (Å²) in [5, 5.41) is 22.9. The van der Waals surface area contributed by atoms with Crippen LogP contribution in [0.1, 0.15) is 53.4 Å². The highest BCUT2D eigenvalue weighted by atomic mass is 16.5. The molecule has 30 heavy (non-hydrogen) atoms. The number of hydrogen-bond donors (Lipinski definition) is 2.